The minimum atomic E-state index is -3.92. The Bertz CT molecular complexity index is 1490. The molecule has 0 amide bonds. The number of anilines is 1. The number of methoxy groups -OCH3 is 1. The van der Waals surface area contributed by atoms with Crippen molar-refractivity contribution in [3.05, 3.63) is 101 Å². The number of aryl methyl sites for hydroxylation is 1. The van der Waals surface area contributed by atoms with Crippen molar-refractivity contribution in [2.45, 2.75) is 18.2 Å². The van der Waals surface area contributed by atoms with Gasteiger partial charge < -0.3 is 4.74 Å². The maximum Gasteiger partial charge on any atom is 0.236 e. The van der Waals surface area contributed by atoms with Gasteiger partial charge in [-0.25, -0.2) is 21.1 Å². The molecule has 0 atom stereocenters. The highest BCUT2D eigenvalue weighted by Gasteiger charge is 2.29. The van der Waals surface area contributed by atoms with E-state index in [0.717, 1.165) is 32.7 Å². The molecule has 0 unspecified atom stereocenters. The summed E-state index contributed by atoms with van der Waals surface area (Å²) in [7, 11) is -6.18. The third kappa shape index (κ3) is 4.93. The van der Waals surface area contributed by atoms with Crippen LogP contribution in [0.4, 0.5) is 5.69 Å². The van der Waals surface area contributed by atoms with Crippen LogP contribution in [-0.2, 0) is 19.9 Å². The normalized spacial score (nSPS) is 15.4. The van der Waals surface area contributed by atoms with Crippen LogP contribution in [0.3, 0.4) is 0 Å². The summed E-state index contributed by atoms with van der Waals surface area (Å²) in [5.41, 5.74) is 3.78. The van der Waals surface area contributed by atoms with E-state index in [0.29, 0.717) is 17.0 Å². The smallest absolute Gasteiger partial charge is 0.236 e. The number of hydrogen-bond acceptors (Lipinski definition) is 5. The van der Waals surface area contributed by atoms with E-state index in [-0.39, 0.29) is 17.0 Å². The maximum absolute atomic E-state index is 13.3. The lowest BCUT2D eigenvalue weighted by atomic mass is 9.99. The average Bonchev–Trinajstić information content (AvgIpc) is 2.95. The van der Waals surface area contributed by atoms with Crippen molar-refractivity contribution in [3.8, 4) is 5.75 Å². The molecule has 34 heavy (non-hydrogen) atoms. The lowest BCUT2D eigenvalue weighted by Crippen LogP contribution is -2.30. The van der Waals surface area contributed by atoms with E-state index in [9.17, 15) is 16.8 Å². The second kappa shape index (κ2) is 9.12. The molecule has 3 aromatic carbocycles. The number of sulfonamides is 1. The maximum atomic E-state index is 13.3. The Hall–Kier alpha value is -3.36. The quantitative estimate of drug-likeness (QED) is 0.496. The van der Waals surface area contributed by atoms with E-state index >= 15 is 0 Å². The first-order valence-electron chi connectivity index (χ1n) is 10.6. The summed E-state index contributed by atoms with van der Waals surface area (Å²) in [5.74, 6) is 0.689. The van der Waals surface area contributed by atoms with Crippen molar-refractivity contribution in [1.29, 1.82) is 0 Å². The van der Waals surface area contributed by atoms with Crippen molar-refractivity contribution in [1.82, 2.24) is 0 Å². The molecule has 1 aliphatic heterocycles. The Balaban J connectivity index is 1.93. The second-order valence-corrected chi connectivity index (χ2v) is 11.8. The highest BCUT2D eigenvalue weighted by atomic mass is 32.2. The number of nitrogens with zero attached hydrogens (tertiary/aromatic N) is 1. The standard InChI is InChI=1S/C26H25NO5S2/c1-19-8-14-25(15-9-19)34(30,31)18-23-17-22(20-10-12-24(32-2)13-11-20)16-21-6-4-5-7-26(21)27(23)33(3,28)29/h4-16,18H,17H2,1-3H3/b23-18+. The van der Waals surface area contributed by atoms with Crippen molar-refractivity contribution >= 4 is 37.2 Å². The Morgan fingerprint density at radius 2 is 1.53 bits per heavy atom. The summed E-state index contributed by atoms with van der Waals surface area (Å²) < 4.78 is 58.9. The zero-order chi connectivity index (χ0) is 24.5. The summed E-state index contributed by atoms with van der Waals surface area (Å²) in [4.78, 5) is 0.103. The summed E-state index contributed by atoms with van der Waals surface area (Å²) in [6.45, 7) is 1.87. The van der Waals surface area contributed by atoms with Crippen LogP contribution in [0.1, 0.15) is 23.1 Å². The largest absolute Gasteiger partial charge is 0.497 e. The Morgan fingerprint density at radius 3 is 2.15 bits per heavy atom. The molecule has 4 rings (SSSR count). The molecule has 8 heteroatoms. The SMILES string of the molecule is COc1ccc(C2=Cc3ccccc3N(S(C)(=O)=O)/C(=C/S(=O)(=O)c3ccc(C)cc3)C2)cc1. The first-order chi connectivity index (χ1) is 16.1. The molecule has 0 saturated carbocycles. The van der Waals surface area contributed by atoms with Crippen molar-refractivity contribution in [3.63, 3.8) is 0 Å². The molecule has 0 saturated heterocycles. The van der Waals surface area contributed by atoms with Gasteiger partial charge in [-0.3, -0.25) is 0 Å². The predicted molar refractivity (Wildman–Crippen MR) is 136 cm³/mol. The van der Waals surface area contributed by atoms with Gasteiger partial charge in [-0.05, 0) is 60.0 Å². The third-order valence-electron chi connectivity index (χ3n) is 5.55. The van der Waals surface area contributed by atoms with E-state index in [1.54, 1.807) is 31.4 Å². The molecule has 0 bridgehead atoms. The number of ether oxygens (including phenoxy) is 1. The number of para-hydroxylation sites is 1. The molecule has 0 aliphatic carbocycles. The highest BCUT2D eigenvalue weighted by Crippen LogP contribution is 2.39. The number of fused-ring (bicyclic) bond motifs is 1. The number of rotatable bonds is 5. The molecule has 0 aromatic heterocycles. The van der Waals surface area contributed by atoms with E-state index in [2.05, 4.69) is 0 Å². The van der Waals surface area contributed by atoms with Crippen LogP contribution < -0.4 is 9.04 Å². The summed E-state index contributed by atoms with van der Waals surface area (Å²) in [5, 5.41) is 1.07. The molecule has 176 valence electrons. The fourth-order valence-electron chi connectivity index (χ4n) is 3.90. The van der Waals surface area contributed by atoms with Gasteiger partial charge in [0.05, 0.1) is 35.1 Å². The average molecular weight is 496 g/mol. The second-order valence-electron chi connectivity index (χ2n) is 8.13. The van der Waals surface area contributed by atoms with Gasteiger partial charge in [0.25, 0.3) is 0 Å². The van der Waals surface area contributed by atoms with Gasteiger partial charge in [0, 0.05) is 6.42 Å². The van der Waals surface area contributed by atoms with Crippen molar-refractivity contribution in [2.24, 2.45) is 0 Å². The monoisotopic (exact) mass is 495 g/mol. The molecule has 1 heterocycles. The highest BCUT2D eigenvalue weighted by molar-refractivity contribution is 7.94. The minimum Gasteiger partial charge on any atom is -0.497 e. The topological polar surface area (TPSA) is 80.8 Å². The van der Waals surface area contributed by atoms with Crippen LogP contribution in [0.25, 0.3) is 11.6 Å². The molecule has 0 spiro atoms. The Morgan fingerprint density at radius 1 is 0.882 bits per heavy atom. The van der Waals surface area contributed by atoms with Gasteiger partial charge in [-0.2, -0.15) is 0 Å². The molecule has 0 fully saturated rings. The summed E-state index contributed by atoms with van der Waals surface area (Å²) in [6, 6.07) is 20.9. The van der Waals surface area contributed by atoms with Gasteiger partial charge in [0.1, 0.15) is 5.75 Å². The van der Waals surface area contributed by atoms with E-state index in [1.807, 2.05) is 49.4 Å². The summed E-state index contributed by atoms with van der Waals surface area (Å²) in [6.07, 6.45) is 3.07. The van der Waals surface area contributed by atoms with Gasteiger partial charge in [-0.1, -0.05) is 48.0 Å². The van der Waals surface area contributed by atoms with E-state index in [1.165, 1.54) is 12.1 Å². The lowest BCUT2D eigenvalue weighted by molar-refractivity contribution is 0.415. The third-order valence-corrected chi connectivity index (χ3v) is 8.16. The number of allylic oxidation sites excluding steroid dienone is 1. The number of benzene rings is 3. The first-order valence-corrected chi connectivity index (χ1v) is 13.9. The molecule has 0 N–H and O–H groups in total. The fourth-order valence-corrected chi connectivity index (χ4v) is 6.23. The Labute approximate surface area is 200 Å². The predicted octanol–water partition coefficient (Wildman–Crippen LogP) is 5.03. The number of hydrogen-bond donors (Lipinski definition) is 0. The van der Waals surface area contributed by atoms with Crippen LogP contribution in [0.5, 0.6) is 5.75 Å². The zero-order valence-electron chi connectivity index (χ0n) is 19.1. The van der Waals surface area contributed by atoms with Crippen LogP contribution in [-0.4, -0.2) is 30.2 Å². The van der Waals surface area contributed by atoms with Crippen molar-refractivity contribution < 1.29 is 21.6 Å². The Kier molecular flexibility index (Phi) is 6.38. The van der Waals surface area contributed by atoms with Crippen LogP contribution in [0.2, 0.25) is 0 Å². The van der Waals surface area contributed by atoms with Gasteiger partial charge >= 0.3 is 0 Å². The van der Waals surface area contributed by atoms with E-state index in [4.69, 9.17) is 4.74 Å². The zero-order valence-corrected chi connectivity index (χ0v) is 20.7. The molecule has 1 aliphatic rings. The van der Waals surface area contributed by atoms with Crippen LogP contribution in [0, 0.1) is 6.92 Å². The minimum absolute atomic E-state index is 0.0964. The summed E-state index contributed by atoms with van der Waals surface area (Å²) >= 11 is 0. The van der Waals surface area contributed by atoms with Gasteiger partial charge in [0.15, 0.2) is 0 Å². The fraction of sp³-hybridized carbons (Fsp3) is 0.154. The first kappa shape index (κ1) is 23.8. The molecule has 0 radical (unpaired) electrons. The van der Waals surface area contributed by atoms with E-state index < -0.39 is 19.9 Å². The molecular formula is C26H25NO5S2. The van der Waals surface area contributed by atoms with Gasteiger partial charge in [0.2, 0.25) is 19.9 Å². The molecule has 3 aromatic rings. The molecule has 6 nitrogen and oxygen atoms in total. The molecular weight excluding hydrogens is 470 g/mol. The van der Waals surface area contributed by atoms with Crippen molar-refractivity contribution in [2.75, 3.05) is 17.7 Å². The van der Waals surface area contributed by atoms with Crippen LogP contribution in [0.15, 0.2) is 88.8 Å². The lowest BCUT2D eigenvalue weighted by Gasteiger charge is -2.25. The van der Waals surface area contributed by atoms with Crippen LogP contribution >= 0.6 is 0 Å². The van der Waals surface area contributed by atoms with Gasteiger partial charge in [-0.15, -0.1) is 0 Å². The number of sulfone groups is 1.